The molecule has 0 radical (unpaired) electrons. The van der Waals surface area contributed by atoms with Crippen LogP contribution in [0.2, 0.25) is 0 Å². The van der Waals surface area contributed by atoms with Crippen LogP contribution in [0.25, 0.3) is 11.1 Å². The summed E-state index contributed by atoms with van der Waals surface area (Å²) in [7, 11) is 0. The van der Waals surface area contributed by atoms with E-state index in [4.69, 9.17) is 15.6 Å². The average Bonchev–Trinajstić information content (AvgIpc) is 3.41. The number of carbonyl (C=O) groups is 2. The van der Waals surface area contributed by atoms with Crippen molar-refractivity contribution in [1.29, 1.82) is 0 Å². The van der Waals surface area contributed by atoms with Gasteiger partial charge in [-0.25, -0.2) is 0 Å². The number of carboxylic acid groups (broad SMARTS) is 1. The van der Waals surface area contributed by atoms with E-state index in [9.17, 15) is 22.8 Å². The highest BCUT2D eigenvalue weighted by molar-refractivity contribution is 7.12. The summed E-state index contributed by atoms with van der Waals surface area (Å²) in [4.78, 5) is 24.5. The van der Waals surface area contributed by atoms with Gasteiger partial charge in [-0.3, -0.25) is 9.59 Å². The second kappa shape index (κ2) is 10.7. The molecule has 1 aliphatic heterocycles. The first-order valence-electron chi connectivity index (χ1n) is 10.4. The Morgan fingerprint density at radius 3 is 2.51 bits per heavy atom. The molecular formula is C24H22ClF3N2O4S. The number of carboxylic acids is 1. The number of hydrogen-bond acceptors (Lipinski definition) is 5. The first kappa shape index (κ1) is 26.5. The lowest BCUT2D eigenvalue weighted by Crippen LogP contribution is -2.44. The van der Waals surface area contributed by atoms with E-state index in [1.165, 1.54) is 11.0 Å². The van der Waals surface area contributed by atoms with Crippen LogP contribution in [0.4, 0.5) is 18.9 Å². The highest BCUT2D eigenvalue weighted by atomic mass is 35.5. The summed E-state index contributed by atoms with van der Waals surface area (Å²) in [6.07, 6.45) is -4.40. The van der Waals surface area contributed by atoms with Gasteiger partial charge in [0, 0.05) is 22.7 Å². The van der Waals surface area contributed by atoms with Crippen LogP contribution >= 0.6 is 23.7 Å². The number of ether oxygens (including phenoxy) is 1. The van der Waals surface area contributed by atoms with Crippen LogP contribution in [-0.2, 0) is 28.8 Å². The zero-order chi connectivity index (χ0) is 24.5. The van der Waals surface area contributed by atoms with Crippen molar-refractivity contribution in [2.75, 3.05) is 11.4 Å². The van der Waals surface area contributed by atoms with Gasteiger partial charge in [-0.1, -0.05) is 30.3 Å². The van der Waals surface area contributed by atoms with Gasteiger partial charge in [-0.2, -0.15) is 13.2 Å². The molecule has 2 aromatic carbocycles. The number of rotatable bonds is 7. The van der Waals surface area contributed by atoms with Gasteiger partial charge in [0.05, 0.1) is 12.5 Å². The third-order valence-electron chi connectivity index (χ3n) is 5.43. The Morgan fingerprint density at radius 2 is 1.86 bits per heavy atom. The summed E-state index contributed by atoms with van der Waals surface area (Å²) in [6.45, 7) is 0.330. The number of halogens is 4. The number of hydrogen-bond donors (Lipinski definition) is 2. The molecule has 11 heteroatoms. The summed E-state index contributed by atoms with van der Waals surface area (Å²) in [5, 5.41) is 8.86. The molecule has 6 nitrogen and oxygen atoms in total. The number of carbonyl (C=O) groups excluding carboxylic acids is 1. The number of anilines is 1. The second-order valence-electron chi connectivity index (χ2n) is 7.84. The topological polar surface area (TPSA) is 92.9 Å². The highest BCUT2D eigenvalue weighted by Crippen LogP contribution is 2.43. The summed E-state index contributed by atoms with van der Waals surface area (Å²) in [6, 6.07) is 13.8. The van der Waals surface area contributed by atoms with Crippen molar-refractivity contribution in [2.24, 2.45) is 5.73 Å². The standard InChI is InChI=1S/C24H21F3N2O4S.ClH/c25-24(26,27)22-18(14-4-2-1-3-5-14)11-17(34-22)13-33-16-6-7-20-15(10-16)8-9-29(20)23(32)19(28)12-21(30)31;/h1-7,10-11,19H,8-9,12-13,28H2,(H,30,31);1H. The Balaban J connectivity index is 0.00000342. The minimum atomic E-state index is -4.47. The lowest BCUT2D eigenvalue weighted by atomic mass is 10.1. The van der Waals surface area contributed by atoms with Gasteiger partial charge in [0.25, 0.3) is 0 Å². The summed E-state index contributed by atoms with van der Waals surface area (Å²) in [5.74, 6) is -1.16. The molecule has 0 bridgehead atoms. The van der Waals surface area contributed by atoms with Crippen LogP contribution < -0.4 is 15.4 Å². The van der Waals surface area contributed by atoms with E-state index in [0.29, 0.717) is 46.2 Å². The van der Waals surface area contributed by atoms with E-state index < -0.39 is 35.4 Å². The summed E-state index contributed by atoms with van der Waals surface area (Å²) in [5.41, 5.74) is 7.76. The van der Waals surface area contributed by atoms with Gasteiger partial charge in [0.15, 0.2) is 0 Å². The Labute approximate surface area is 209 Å². The number of alkyl halides is 3. The van der Waals surface area contributed by atoms with Crippen LogP contribution in [0.15, 0.2) is 54.6 Å². The Morgan fingerprint density at radius 1 is 1.14 bits per heavy atom. The molecule has 1 unspecified atom stereocenters. The molecule has 1 atom stereocenters. The number of benzene rings is 2. The molecule has 2 heterocycles. The molecule has 186 valence electrons. The minimum Gasteiger partial charge on any atom is -0.488 e. The fourth-order valence-electron chi connectivity index (χ4n) is 3.88. The molecule has 3 aromatic rings. The van der Waals surface area contributed by atoms with Gasteiger partial charge in [0.1, 0.15) is 17.2 Å². The molecule has 1 amide bonds. The van der Waals surface area contributed by atoms with E-state index in [1.807, 2.05) is 0 Å². The second-order valence-corrected chi connectivity index (χ2v) is 8.98. The molecule has 4 rings (SSSR count). The first-order valence-corrected chi connectivity index (χ1v) is 11.2. The van der Waals surface area contributed by atoms with Crippen molar-refractivity contribution in [3.63, 3.8) is 0 Å². The quantitative estimate of drug-likeness (QED) is 0.445. The number of nitrogens with two attached hydrogens (primary N) is 1. The first-order chi connectivity index (χ1) is 16.1. The molecule has 1 aromatic heterocycles. The Kier molecular flexibility index (Phi) is 8.09. The average molecular weight is 527 g/mol. The fourth-order valence-corrected chi connectivity index (χ4v) is 4.84. The van der Waals surface area contributed by atoms with Gasteiger partial charge >= 0.3 is 12.1 Å². The molecule has 35 heavy (non-hydrogen) atoms. The zero-order valence-electron chi connectivity index (χ0n) is 18.2. The zero-order valence-corrected chi connectivity index (χ0v) is 19.9. The summed E-state index contributed by atoms with van der Waals surface area (Å²) < 4.78 is 46.5. The molecule has 0 aliphatic carbocycles. The lowest BCUT2D eigenvalue weighted by Gasteiger charge is -2.20. The lowest BCUT2D eigenvalue weighted by molar-refractivity contribution is -0.139. The number of amides is 1. The van der Waals surface area contributed by atoms with Crippen molar-refractivity contribution in [1.82, 2.24) is 0 Å². The Bertz CT molecular complexity index is 1220. The smallest absolute Gasteiger partial charge is 0.426 e. The van der Waals surface area contributed by atoms with E-state index in [-0.39, 0.29) is 24.6 Å². The maximum absolute atomic E-state index is 13.6. The largest absolute Gasteiger partial charge is 0.488 e. The minimum absolute atomic E-state index is 0. The molecule has 0 fully saturated rings. The SMILES string of the molecule is Cl.NC(CC(=O)O)C(=O)N1CCc2cc(OCc3cc(-c4ccccc4)c(C(F)(F)F)s3)ccc21. The van der Waals surface area contributed by atoms with Crippen molar-refractivity contribution in [3.8, 4) is 16.9 Å². The maximum Gasteiger partial charge on any atom is 0.426 e. The predicted octanol–water partition coefficient (Wildman–Crippen LogP) is 5.13. The molecule has 1 aliphatic rings. The number of thiophene rings is 1. The maximum atomic E-state index is 13.6. The van der Waals surface area contributed by atoms with Gasteiger partial charge in [-0.05, 0) is 41.8 Å². The van der Waals surface area contributed by atoms with Crippen LogP contribution in [0, 0.1) is 0 Å². The van der Waals surface area contributed by atoms with Crippen molar-refractivity contribution in [2.45, 2.75) is 31.7 Å². The van der Waals surface area contributed by atoms with Crippen LogP contribution in [-0.4, -0.2) is 29.6 Å². The van der Waals surface area contributed by atoms with Crippen LogP contribution in [0.5, 0.6) is 5.75 Å². The van der Waals surface area contributed by atoms with E-state index >= 15 is 0 Å². The van der Waals surface area contributed by atoms with Crippen LogP contribution in [0.3, 0.4) is 0 Å². The third kappa shape index (κ3) is 5.95. The molecule has 0 saturated carbocycles. The van der Waals surface area contributed by atoms with Gasteiger partial charge in [0.2, 0.25) is 5.91 Å². The van der Waals surface area contributed by atoms with Crippen LogP contribution in [0.1, 0.15) is 21.7 Å². The van der Waals surface area contributed by atoms with E-state index in [0.717, 1.165) is 5.56 Å². The van der Waals surface area contributed by atoms with Crippen molar-refractivity contribution >= 4 is 41.3 Å². The Hall–Kier alpha value is -3.08. The number of fused-ring (bicyclic) bond motifs is 1. The molecule has 0 spiro atoms. The fraction of sp³-hybridized carbons (Fsp3) is 0.250. The van der Waals surface area contributed by atoms with Gasteiger partial charge < -0.3 is 20.5 Å². The van der Waals surface area contributed by atoms with Crippen molar-refractivity contribution in [3.05, 3.63) is 69.9 Å². The van der Waals surface area contributed by atoms with E-state index in [1.54, 1.807) is 48.5 Å². The normalized spacial score (nSPS) is 13.7. The number of nitrogens with zero attached hydrogens (tertiary/aromatic N) is 1. The molecule has 0 saturated heterocycles. The summed E-state index contributed by atoms with van der Waals surface area (Å²) >= 11 is 0.654. The molecular weight excluding hydrogens is 505 g/mol. The van der Waals surface area contributed by atoms with E-state index in [2.05, 4.69) is 0 Å². The van der Waals surface area contributed by atoms with Crippen molar-refractivity contribution < 1.29 is 32.6 Å². The monoisotopic (exact) mass is 526 g/mol. The predicted molar refractivity (Wildman–Crippen MR) is 129 cm³/mol. The number of aliphatic carboxylic acids is 1. The highest BCUT2D eigenvalue weighted by Gasteiger charge is 2.36. The molecule has 3 N–H and O–H groups in total. The third-order valence-corrected chi connectivity index (χ3v) is 6.58. The van der Waals surface area contributed by atoms with Gasteiger partial charge in [-0.15, -0.1) is 23.7 Å².